The molecule has 20 heavy (non-hydrogen) atoms. The van der Waals surface area contributed by atoms with Crippen LogP contribution in [0.3, 0.4) is 0 Å². The Hall–Kier alpha value is -1.71. The van der Waals surface area contributed by atoms with Crippen molar-refractivity contribution >= 4 is 11.6 Å². The molecule has 1 unspecified atom stereocenters. The van der Waals surface area contributed by atoms with Crippen molar-refractivity contribution in [1.29, 1.82) is 0 Å². The van der Waals surface area contributed by atoms with Crippen molar-refractivity contribution < 1.29 is 4.79 Å². The number of pyridine rings is 1. The number of hydrogen-bond acceptors (Lipinski definition) is 3. The van der Waals surface area contributed by atoms with E-state index in [-0.39, 0.29) is 11.8 Å². The molecule has 0 saturated heterocycles. The predicted molar refractivity (Wildman–Crippen MR) is 78.3 cm³/mol. The van der Waals surface area contributed by atoms with Gasteiger partial charge in [-0.15, -0.1) is 0 Å². The van der Waals surface area contributed by atoms with Crippen LogP contribution in [0.2, 0.25) is 0 Å². The summed E-state index contributed by atoms with van der Waals surface area (Å²) in [5, 5.41) is 6.45. The molecule has 0 bridgehead atoms. The second-order valence-corrected chi connectivity index (χ2v) is 5.66. The van der Waals surface area contributed by atoms with Gasteiger partial charge >= 0.3 is 0 Å². The zero-order valence-electron chi connectivity index (χ0n) is 12.0. The Labute approximate surface area is 119 Å². The monoisotopic (exact) mass is 271 g/mol. The minimum absolute atomic E-state index is 0.0962. The van der Waals surface area contributed by atoms with Crippen LogP contribution in [0.25, 0.3) is 0 Å². The molecular formula is C16H21N3O. The molecule has 4 nitrogen and oxygen atoms in total. The molecule has 106 valence electrons. The lowest BCUT2D eigenvalue weighted by Gasteiger charge is -2.28. The molecule has 2 heterocycles. The maximum absolute atomic E-state index is 12.6. The Bertz CT molecular complexity index is 506. The van der Waals surface area contributed by atoms with E-state index in [0.717, 1.165) is 30.5 Å². The lowest BCUT2D eigenvalue weighted by atomic mass is 9.93. The fourth-order valence-electron chi connectivity index (χ4n) is 3.24. The molecule has 1 amide bonds. The molecule has 0 spiro atoms. The second kappa shape index (κ2) is 5.73. The molecule has 1 aromatic heterocycles. The van der Waals surface area contributed by atoms with Gasteiger partial charge in [0, 0.05) is 18.0 Å². The largest absolute Gasteiger partial charge is 0.272 e. The Balaban J connectivity index is 1.89. The van der Waals surface area contributed by atoms with Crippen LogP contribution < -0.4 is 0 Å². The minimum Gasteiger partial charge on any atom is -0.272 e. The summed E-state index contributed by atoms with van der Waals surface area (Å²) >= 11 is 0. The Morgan fingerprint density at radius 2 is 2.10 bits per heavy atom. The molecule has 1 fully saturated rings. The minimum atomic E-state index is -0.0962. The first-order chi connectivity index (χ1) is 9.81. The second-order valence-electron chi connectivity index (χ2n) is 5.66. The van der Waals surface area contributed by atoms with E-state index in [1.165, 1.54) is 19.3 Å². The van der Waals surface area contributed by atoms with Gasteiger partial charge in [-0.1, -0.05) is 26.2 Å². The molecule has 1 aliphatic heterocycles. The van der Waals surface area contributed by atoms with Gasteiger partial charge in [0.1, 0.15) is 0 Å². The standard InChI is InChI=1S/C16H21N3O/c1-2-14-15(12-7-6-10-17-11-12)18-19(16(14)20)13-8-4-3-5-9-13/h6-7,10-11,13-14H,2-5,8-9H2,1H3. The highest BCUT2D eigenvalue weighted by Crippen LogP contribution is 2.30. The van der Waals surface area contributed by atoms with E-state index >= 15 is 0 Å². The molecule has 4 heteroatoms. The summed E-state index contributed by atoms with van der Waals surface area (Å²) in [7, 11) is 0. The number of hydrazone groups is 1. The lowest BCUT2D eigenvalue weighted by molar-refractivity contribution is -0.134. The van der Waals surface area contributed by atoms with E-state index in [9.17, 15) is 4.79 Å². The Morgan fingerprint density at radius 3 is 2.75 bits per heavy atom. The summed E-state index contributed by atoms with van der Waals surface area (Å²) in [4.78, 5) is 16.8. The molecule has 0 N–H and O–H groups in total. The Kier molecular flexibility index (Phi) is 3.81. The van der Waals surface area contributed by atoms with Gasteiger partial charge in [0.05, 0.1) is 17.7 Å². The maximum Gasteiger partial charge on any atom is 0.252 e. The van der Waals surface area contributed by atoms with Crippen LogP contribution in [0.1, 0.15) is 51.0 Å². The number of amides is 1. The zero-order chi connectivity index (χ0) is 13.9. The third-order valence-electron chi connectivity index (χ3n) is 4.36. The number of rotatable bonds is 3. The maximum atomic E-state index is 12.6. The van der Waals surface area contributed by atoms with Crippen LogP contribution in [0.15, 0.2) is 29.6 Å². The summed E-state index contributed by atoms with van der Waals surface area (Å²) in [6.07, 6.45) is 10.2. The highest BCUT2D eigenvalue weighted by atomic mass is 16.2. The zero-order valence-corrected chi connectivity index (χ0v) is 12.0. The van der Waals surface area contributed by atoms with E-state index in [1.54, 1.807) is 17.4 Å². The topological polar surface area (TPSA) is 45.6 Å². The van der Waals surface area contributed by atoms with Gasteiger partial charge < -0.3 is 0 Å². The number of nitrogens with zero attached hydrogens (tertiary/aromatic N) is 3. The normalized spacial score (nSPS) is 24.1. The summed E-state index contributed by atoms with van der Waals surface area (Å²) in [6, 6.07) is 4.20. The number of carbonyl (C=O) groups excluding carboxylic acids is 1. The summed E-state index contributed by atoms with van der Waals surface area (Å²) in [5.41, 5.74) is 1.88. The van der Waals surface area contributed by atoms with Gasteiger partial charge in [-0.3, -0.25) is 9.78 Å². The van der Waals surface area contributed by atoms with Gasteiger partial charge in [-0.05, 0) is 31.4 Å². The Morgan fingerprint density at radius 1 is 1.30 bits per heavy atom. The van der Waals surface area contributed by atoms with Gasteiger partial charge in [-0.25, -0.2) is 5.01 Å². The number of carbonyl (C=O) groups is 1. The van der Waals surface area contributed by atoms with Crippen LogP contribution >= 0.6 is 0 Å². The molecule has 0 aromatic carbocycles. The molecule has 1 atom stereocenters. The van der Waals surface area contributed by atoms with Crippen LogP contribution in [0, 0.1) is 5.92 Å². The quantitative estimate of drug-likeness (QED) is 0.848. The smallest absolute Gasteiger partial charge is 0.252 e. The first kappa shape index (κ1) is 13.3. The van der Waals surface area contributed by atoms with Crippen molar-refractivity contribution in [2.24, 2.45) is 11.0 Å². The lowest BCUT2D eigenvalue weighted by Crippen LogP contribution is -2.37. The summed E-state index contributed by atoms with van der Waals surface area (Å²) < 4.78 is 0. The van der Waals surface area contributed by atoms with Crippen molar-refractivity contribution in [3.8, 4) is 0 Å². The van der Waals surface area contributed by atoms with E-state index in [1.807, 2.05) is 12.1 Å². The molecule has 0 radical (unpaired) electrons. The number of aromatic nitrogens is 1. The van der Waals surface area contributed by atoms with E-state index in [0.29, 0.717) is 6.04 Å². The van der Waals surface area contributed by atoms with Gasteiger partial charge in [0.2, 0.25) is 0 Å². The fraction of sp³-hybridized carbons (Fsp3) is 0.562. The predicted octanol–water partition coefficient (Wildman–Crippen LogP) is 2.99. The first-order valence-corrected chi connectivity index (χ1v) is 7.63. The molecule has 1 aromatic rings. The number of hydrogen-bond donors (Lipinski definition) is 0. The van der Waals surface area contributed by atoms with Crippen LogP contribution in [0.5, 0.6) is 0 Å². The molecular weight excluding hydrogens is 250 g/mol. The third-order valence-corrected chi connectivity index (χ3v) is 4.36. The third kappa shape index (κ3) is 2.35. The van der Waals surface area contributed by atoms with Gasteiger partial charge in [0.25, 0.3) is 5.91 Å². The molecule has 1 aliphatic carbocycles. The van der Waals surface area contributed by atoms with Crippen LogP contribution in [0.4, 0.5) is 0 Å². The van der Waals surface area contributed by atoms with E-state index < -0.39 is 0 Å². The van der Waals surface area contributed by atoms with E-state index in [2.05, 4.69) is 17.0 Å². The molecule has 1 saturated carbocycles. The summed E-state index contributed by atoms with van der Waals surface area (Å²) in [6.45, 7) is 2.05. The van der Waals surface area contributed by atoms with E-state index in [4.69, 9.17) is 0 Å². The average molecular weight is 271 g/mol. The van der Waals surface area contributed by atoms with Gasteiger partial charge in [-0.2, -0.15) is 5.10 Å². The van der Waals surface area contributed by atoms with Crippen LogP contribution in [-0.4, -0.2) is 27.7 Å². The van der Waals surface area contributed by atoms with Crippen molar-refractivity contribution in [2.75, 3.05) is 0 Å². The van der Waals surface area contributed by atoms with Crippen molar-refractivity contribution in [1.82, 2.24) is 9.99 Å². The SMILES string of the molecule is CCC1C(=O)N(C2CCCCC2)N=C1c1cccnc1. The van der Waals surface area contributed by atoms with Crippen LogP contribution in [-0.2, 0) is 4.79 Å². The fourth-order valence-corrected chi connectivity index (χ4v) is 3.24. The highest BCUT2D eigenvalue weighted by molar-refractivity contribution is 6.16. The first-order valence-electron chi connectivity index (χ1n) is 7.63. The average Bonchev–Trinajstić information content (AvgIpc) is 2.86. The highest BCUT2D eigenvalue weighted by Gasteiger charge is 2.38. The molecule has 2 aliphatic rings. The molecule has 3 rings (SSSR count). The van der Waals surface area contributed by atoms with Crippen molar-refractivity contribution in [3.63, 3.8) is 0 Å². The van der Waals surface area contributed by atoms with Crippen molar-refractivity contribution in [2.45, 2.75) is 51.5 Å². The summed E-state index contributed by atoms with van der Waals surface area (Å²) in [5.74, 6) is 0.0828. The van der Waals surface area contributed by atoms with Crippen molar-refractivity contribution in [3.05, 3.63) is 30.1 Å². The van der Waals surface area contributed by atoms with Gasteiger partial charge in [0.15, 0.2) is 0 Å².